The summed E-state index contributed by atoms with van der Waals surface area (Å²) in [6.45, 7) is 26.7. The predicted molar refractivity (Wildman–Crippen MR) is 318 cm³/mol. The van der Waals surface area contributed by atoms with E-state index >= 15 is 0 Å². The number of fused-ring (bicyclic) bond motifs is 16. The first-order valence-corrected chi connectivity index (χ1v) is 28.5. The third kappa shape index (κ3) is 9.13. The molecule has 11 rings (SSSR count). The summed E-state index contributed by atoms with van der Waals surface area (Å²) in [5.41, 5.74) is 25.4. The van der Waals surface area contributed by atoms with Gasteiger partial charge in [-0.1, -0.05) is 74.7 Å². The van der Waals surface area contributed by atoms with Crippen LogP contribution in [-0.4, -0.2) is 42.8 Å². The minimum Gasteiger partial charge on any atom is -0.453 e. The maximum Gasteiger partial charge on any atom is 0.153 e. The first-order chi connectivity index (χ1) is 37.4. The number of rotatable bonds is 11. The smallest absolute Gasteiger partial charge is 0.153 e. The van der Waals surface area contributed by atoms with Gasteiger partial charge in [-0.15, -0.1) is 0 Å². The van der Waals surface area contributed by atoms with Crippen LogP contribution >= 0.6 is 0 Å². The van der Waals surface area contributed by atoms with Crippen LogP contribution in [0.1, 0.15) is 148 Å². The van der Waals surface area contributed by atoms with Gasteiger partial charge in [0.2, 0.25) is 0 Å². The topological polar surface area (TPSA) is 139 Å². The van der Waals surface area contributed by atoms with Gasteiger partial charge in [0.15, 0.2) is 21.7 Å². The van der Waals surface area contributed by atoms with Crippen molar-refractivity contribution in [2.24, 2.45) is 20.0 Å². The van der Waals surface area contributed by atoms with Crippen molar-refractivity contribution >= 4 is 69.9 Å². The molecule has 0 aromatic carbocycles. The zero-order valence-electron chi connectivity index (χ0n) is 47.3. The zero-order chi connectivity index (χ0) is 53.8. The van der Waals surface area contributed by atoms with Crippen molar-refractivity contribution in [3.05, 3.63) is 180 Å². The van der Waals surface area contributed by atoms with Crippen LogP contribution in [0, 0.1) is 35.4 Å². The normalized spacial score (nSPS) is 16.3. The van der Waals surface area contributed by atoms with Crippen LogP contribution in [-0.2, 0) is 25.7 Å². The standard InChI is InChI=1S/C67H74N8O2/c1-13-21-41-29-57-61-25-24-60(76-61)56-28-40(16-4)48(68-56)32-52-44(17-5)36(9)64(72-52)65-37(10)45(18-6)53(73-65)34-50-42(22-14-2)30-58(70-50)62-26-27-63(77-62)59-31-43(23-15-3)51(71-59)35-55-47(20-8)39(12)67(75-55)66-38(11)46(19-7)54(74-66)33-49(41)69-57/h24-35,68,71,73-74H,13-23H2,1-12H3. The lowest BCUT2D eigenvalue weighted by Gasteiger charge is -2.01. The molecule has 10 nitrogen and oxygen atoms in total. The highest BCUT2D eigenvalue weighted by atomic mass is 16.3. The highest BCUT2D eigenvalue weighted by Crippen LogP contribution is 2.30. The molecule has 6 aromatic heterocycles. The molecule has 394 valence electrons. The van der Waals surface area contributed by atoms with E-state index < -0.39 is 0 Å². The van der Waals surface area contributed by atoms with Gasteiger partial charge in [-0.25, -0.2) is 20.0 Å². The molecule has 0 radical (unpaired) electrons. The second-order valence-electron chi connectivity index (χ2n) is 21.2. The summed E-state index contributed by atoms with van der Waals surface area (Å²) in [6.07, 6.45) is 23.5. The third-order valence-corrected chi connectivity index (χ3v) is 16.4. The third-order valence-electron chi connectivity index (χ3n) is 16.4. The van der Waals surface area contributed by atoms with Crippen LogP contribution in [0.3, 0.4) is 0 Å². The fourth-order valence-electron chi connectivity index (χ4n) is 12.3. The van der Waals surface area contributed by atoms with Crippen molar-refractivity contribution in [1.29, 1.82) is 0 Å². The number of hydrogen-bond donors (Lipinski definition) is 4. The number of nitrogens with one attached hydrogen (secondary N) is 4. The Bertz CT molecular complexity index is 4490. The van der Waals surface area contributed by atoms with Gasteiger partial charge >= 0.3 is 0 Å². The van der Waals surface area contributed by atoms with Crippen molar-refractivity contribution in [2.45, 2.75) is 154 Å². The minimum absolute atomic E-state index is 0.746. The van der Waals surface area contributed by atoms with Crippen molar-refractivity contribution in [1.82, 2.24) is 19.9 Å². The molecule has 77 heavy (non-hydrogen) atoms. The quantitative estimate of drug-likeness (QED) is 0.103. The van der Waals surface area contributed by atoms with E-state index in [2.05, 4.69) is 176 Å². The highest BCUT2D eigenvalue weighted by Gasteiger charge is 2.24. The van der Waals surface area contributed by atoms with Crippen LogP contribution in [0.2, 0.25) is 0 Å². The molecule has 20 bridgehead atoms. The van der Waals surface area contributed by atoms with Gasteiger partial charge in [0.05, 0.1) is 55.6 Å². The molecular formula is C67H74N8O2. The molecule has 4 N–H and O–H groups in total. The van der Waals surface area contributed by atoms with Gasteiger partial charge in [-0.2, -0.15) is 0 Å². The van der Waals surface area contributed by atoms with Crippen LogP contribution in [0.5, 0.6) is 0 Å². The number of hydrogen-bond acceptors (Lipinski definition) is 6. The molecule has 0 fully saturated rings. The molecule has 0 saturated heterocycles. The Morgan fingerprint density at radius 2 is 0.818 bits per heavy atom. The van der Waals surface area contributed by atoms with Gasteiger partial charge in [0.25, 0.3) is 0 Å². The number of aliphatic imine (C=N–C) groups is 4. The van der Waals surface area contributed by atoms with Gasteiger partial charge in [-0.3, -0.25) is 0 Å². The van der Waals surface area contributed by atoms with E-state index in [0.29, 0.717) is 0 Å². The van der Waals surface area contributed by atoms with E-state index in [1.165, 1.54) is 66.8 Å². The van der Waals surface area contributed by atoms with Crippen LogP contribution in [0.4, 0.5) is 0 Å². The Labute approximate surface area is 450 Å². The molecular weight excluding hydrogens is 949 g/mol. The number of nitrogens with zero attached hydrogens (tertiary/aromatic N) is 4. The number of allylic oxidation sites excluding steroid dienone is 4. The van der Waals surface area contributed by atoms with E-state index in [1.807, 2.05) is 0 Å². The van der Waals surface area contributed by atoms with Gasteiger partial charge in [0.1, 0.15) is 11.4 Å². The lowest BCUT2D eigenvalue weighted by atomic mass is 10.0. The van der Waals surface area contributed by atoms with Crippen molar-refractivity contribution < 1.29 is 8.83 Å². The second-order valence-corrected chi connectivity index (χ2v) is 21.2. The predicted octanol–water partition coefficient (Wildman–Crippen LogP) is 9.41. The molecule has 10 heteroatoms. The fraction of sp³-hybridized carbons (Fsp3) is 0.343. The molecule has 6 aromatic rings. The summed E-state index contributed by atoms with van der Waals surface area (Å²) in [5.74, 6) is 0. The van der Waals surface area contributed by atoms with Gasteiger partial charge in [-0.05, 0) is 219 Å². The average Bonchev–Trinajstić information content (AvgIpc) is 4.29. The summed E-state index contributed by atoms with van der Waals surface area (Å²) in [7, 11) is 0. The highest BCUT2D eigenvalue weighted by molar-refractivity contribution is 6.27. The van der Waals surface area contributed by atoms with Crippen LogP contribution in [0.25, 0.3) is 47.1 Å². The Morgan fingerprint density at radius 3 is 1.23 bits per heavy atom. The number of aromatic nitrogens is 4. The van der Waals surface area contributed by atoms with Crippen LogP contribution < -0.4 is 42.9 Å². The van der Waals surface area contributed by atoms with Gasteiger partial charge in [0, 0.05) is 21.4 Å². The fourth-order valence-corrected chi connectivity index (χ4v) is 12.3. The summed E-state index contributed by atoms with van der Waals surface area (Å²) in [5, 5.41) is 8.25. The summed E-state index contributed by atoms with van der Waals surface area (Å²) >= 11 is 0. The molecule has 0 amide bonds. The number of aryl methyl sites for hydroxylation is 2. The maximum atomic E-state index is 6.74. The van der Waals surface area contributed by atoms with E-state index in [-0.39, 0.29) is 0 Å². The first kappa shape index (κ1) is 51.4. The molecule has 0 saturated carbocycles. The van der Waals surface area contributed by atoms with Crippen LogP contribution in [0.15, 0.2) is 111 Å². The first-order valence-electron chi connectivity index (χ1n) is 28.5. The largest absolute Gasteiger partial charge is 0.453 e. The molecule has 0 aliphatic carbocycles. The Kier molecular flexibility index (Phi) is 14.0. The molecule has 0 spiro atoms. The van der Waals surface area contributed by atoms with Gasteiger partial charge < -0.3 is 28.8 Å². The monoisotopic (exact) mass is 1020 g/mol. The summed E-state index contributed by atoms with van der Waals surface area (Å²) in [6, 6.07) is 12.7. The zero-order valence-corrected chi connectivity index (χ0v) is 47.3. The van der Waals surface area contributed by atoms with E-state index in [1.54, 1.807) is 0 Å². The average molecular weight is 1020 g/mol. The van der Waals surface area contributed by atoms with E-state index in [4.69, 9.17) is 28.8 Å². The van der Waals surface area contributed by atoms with E-state index in [0.717, 1.165) is 181 Å². The molecule has 5 aliphatic rings. The number of aromatic amines is 4. The molecule has 0 unspecified atom stereocenters. The number of H-pyrrole nitrogens is 4. The SMILES string of the molecule is CCCC1=CC2=c3ccc(o3)=c3cc(CC)c([nH]3)=CC3=NC(=c4[nH]c(c(CC)c4C)=CC4=NC(=c5ccc(o5)=c5cc(CCC)c([nH]5)=CC5=NC(=c6[nH]c(c(CC)c6C)=CC1=N2)C(C)=C5CC)C=C4CCC)C(C)=C3CC. The van der Waals surface area contributed by atoms with Crippen molar-refractivity contribution in [3.63, 3.8) is 0 Å². The second kappa shape index (κ2) is 21.0. The Balaban J connectivity index is 1.19. The van der Waals surface area contributed by atoms with Crippen molar-refractivity contribution in [2.75, 3.05) is 0 Å². The van der Waals surface area contributed by atoms with Crippen molar-refractivity contribution in [3.8, 4) is 0 Å². The Morgan fingerprint density at radius 1 is 0.403 bits per heavy atom. The lowest BCUT2D eigenvalue weighted by Crippen LogP contribution is -2.16. The molecule has 11 heterocycles. The maximum absolute atomic E-state index is 6.74. The Hall–Kier alpha value is -7.72. The molecule has 0 atom stereocenters. The van der Waals surface area contributed by atoms with E-state index in [9.17, 15) is 0 Å². The summed E-state index contributed by atoms with van der Waals surface area (Å²) in [4.78, 5) is 36.8. The molecule has 5 aliphatic heterocycles. The minimum atomic E-state index is 0.746. The summed E-state index contributed by atoms with van der Waals surface area (Å²) < 4.78 is 13.5. The number of furan rings is 2. The lowest BCUT2D eigenvalue weighted by molar-refractivity contribution is 0.500.